The quantitative estimate of drug-likeness (QED) is 0.430. The lowest BCUT2D eigenvalue weighted by molar-refractivity contribution is 0.0508. The summed E-state index contributed by atoms with van der Waals surface area (Å²) in [4.78, 5) is 11.6. The summed E-state index contributed by atoms with van der Waals surface area (Å²) < 4.78 is 10.0. The molecule has 0 aliphatic heterocycles. The number of benzene rings is 1. The minimum atomic E-state index is -0.325. The Kier molecular flexibility index (Phi) is 9.88. The van der Waals surface area contributed by atoms with E-state index in [1.807, 2.05) is 0 Å². The summed E-state index contributed by atoms with van der Waals surface area (Å²) in [5.41, 5.74) is 6.68. The van der Waals surface area contributed by atoms with Crippen LogP contribution in [0.5, 0.6) is 0 Å². The average molecular weight is 289 g/mol. The Morgan fingerprint density at radius 3 is 2.53 bits per heavy atom. The van der Waals surface area contributed by atoms with Gasteiger partial charge in [0.05, 0.1) is 5.56 Å². The molecule has 19 heavy (non-hydrogen) atoms. The van der Waals surface area contributed by atoms with Gasteiger partial charge in [0.2, 0.25) is 0 Å². The first kappa shape index (κ1) is 17.7. The van der Waals surface area contributed by atoms with Gasteiger partial charge in [0.25, 0.3) is 0 Å². The topological polar surface area (TPSA) is 73.6 Å². The van der Waals surface area contributed by atoms with Crippen LogP contribution in [0.25, 0.3) is 0 Å². The number of esters is 1. The molecule has 1 aromatic rings. The molecule has 0 amide bonds. The number of hydrogen-bond donors (Lipinski definition) is 2. The fourth-order valence-corrected chi connectivity index (χ4v) is 1.38. The molecule has 0 radical (unpaired) electrons. The largest absolute Gasteiger partial charge is 0.461 e. The van der Waals surface area contributed by atoms with Gasteiger partial charge in [-0.05, 0) is 37.2 Å². The zero-order chi connectivity index (χ0) is 13.2. The highest BCUT2D eigenvalue weighted by atomic mass is 35.5. The van der Waals surface area contributed by atoms with E-state index >= 15 is 0 Å². The Hall–Kier alpha value is -1.30. The van der Waals surface area contributed by atoms with Crippen LogP contribution in [-0.2, 0) is 9.47 Å². The summed E-state index contributed by atoms with van der Waals surface area (Å²) in [6.07, 6.45) is 0.947. The van der Waals surface area contributed by atoms with E-state index in [-0.39, 0.29) is 18.4 Å². The van der Waals surface area contributed by atoms with E-state index in [9.17, 15) is 4.79 Å². The van der Waals surface area contributed by atoms with Gasteiger partial charge in [-0.1, -0.05) is 0 Å². The molecule has 0 spiro atoms. The van der Waals surface area contributed by atoms with Crippen LogP contribution >= 0.6 is 12.4 Å². The summed E-state index contributed by atoms with van der Waals surface area (Å²) in [5.74, 6) is -0.325. The first-order valence-corrected chi connectivity index (χ1v) is 5.96. The molecule has 0 atom stereocenters. The highest BCUT2D eigenvalue weighted by Crippen LogP contribution is 2.06. The number of nitrogens with one attached hydrogen (secondary N) is 1. The zero-order valence-electron chi connectivity index (χ0n) is 11.1. The van der Waals surface area contributed by atoms with Crippen molar-refractivity contribution in [1.29, 1.82) is 0 Å². The summed E-state index contributed by atoms with van der Waals surface area (Å²) in [6.45, 7) is 2.59. The van der Waals surface area contributed by atoms with Crippen molar-refractivity contribution >= 4 is 24.1 Å². The van der Waals surface area contributed by atoms with Gasteiger partial charge in [-0.25, -0.2) is 4.79 Å². The lowest BCUT2D eigenvalue weighted by atomic mass is 10.2. The molecule has 0 saturated heterocycles. The molecule has 108 valence electrons. The Morgan fingerprint density at radius 1 is 1.21 bits per heavy atom. The number of anilines is 1. The number of ether oxygens (including phenoxy) is 2. The summed E-state index contributed by atoms with van der Waals surface area (Å²) in [5, 5.41) is 3.16. The molecule has 0 aliphatic rings. The minimum absolute atomic E-state index is 0. The van der Waals surface area contributed by atoms with E-state index in [1.165, 1.54) is 0 Å². The van der Waals surface area contributed by atoms with Crippen LogP contribution < -0.4 is 11.1 Å². The molecule has 0 bridgehead atoms. The van der Waals surface area contributed by atoms with Crippen LogP contribution in [0, 0.1) is 0 Å². The number of methoxy groups -OCH3 is 1. The smallest absolute Gasteiger partial charge is 0.338 e. The molecule has 3 N–H and O–H groups in total. The van der Waals surface area contributed by atoms with Crippen molar-refractivity contribution in [3.8, 4) is 0 Å². The fraction of sp³-hybridized carbons (Fsp3) is 0.462. The van der Waals surface area contributed by atoms with Crippen LogP contribution in [-0.4, -0.2) is 39.4 Å². The number of carbonyl (C=O) groups excluding carboxylic acids is 1. The summed E-state index contributed by atoms with van der Waals surface area (Å²) in [7, 11) is 1.67. The molecule has 0 saturated carbocycles. The Balaban J connectivity index is 0.00000324. The van der Waals surface area contributed by atoms with Crippen molar-refractivity contribution in [2.24, 2.45) is 0 Å². The molecular weight excluding hydrogens is 268 g/mol. The predicted molar refractivity (Wildman–Crippen MR) is 77.7 cm³/mol. The monoisotopic (exact) mass is 288 g/mol. The lowest BCUT2D eigenvalue weighted by Gasteiger charge is -2.06. The average Bonchev–Trinajstić information content (AvgIpc) is 2.38. The van der Waals surface area contributed by atoms with E-state index < -0.39 is 0 Å². The van der Waals surface area contributed by atoms with E-state index in [2.05, 4.69) is 5.32 Å². The highest BCUT2D eigenvalue weighted by Gasteiger charge is 2.05. The van der Waals surface area contributed by atoms with Gasteiger partial charge in [0.1, 0.15) is 6.61 Å². The van der Waals surface area contributed by atoms with Gasteiger partial charge in [-0.15, -0.1) is 12.4 Å². The molecule has 0 aromatic heterocycles. The van der Waals surface area contributed by atoms with Gasteiger partial charge in [-0.2, -0.15) is 0 Å². The molecular formula is C13H21ClN2O3. The van der Waals surface area contributed by atoms with Crippen molar-refractivity contribution < 1.29 is 14.3 Å². The molecule has 0 heterocycles. The fourth-order valence-electron chi connectivity index (χ4n) is 1.38. The third-order valence-electron chi connectivity index (χ3n) is 2.36. The van der Waals surface area contributed by atoms with Crippen molar-refractivity contribution in [1.82, 2.24) is 5.32 Å². The second-order valence-corrected chi connectivity index (χ2v) is 3.85. The number of rotatable bonds is 8. The minimum Gasteiger partial charge on any atom is -0.461 e. The maximum Gasteiger partial charge on any atom is 0.338 e. The third kappa shape index (κ3) is 7.66. The summed E-state index contributed by atoms with van der Waals surface area (Å²) >= 11 is 0. The Bertz CT molecular complexity index is 357. The molecule has 0 aliphatic carbocycles. The van der Waals surface area contributed by atoms with Gasteiger partial charge < -0.3 is 20.5 Å². The van der Waals surface area contributed by atoms with Crippen LogP contribution in [0.15, 0.2) is 24.3 Å². The van der Waals surface area contributed by atoms with Crippen LogP contribution in [0.4, 0.5) is 5.69 Å². The highest BCUT2D eigenvalue weighted by molar-refractivity contribution is 5.89. The Labute approximate surface area is 119 Å². The summed E-state index contributed by atoms with van der Waals surface area (Å²) in [6, 6.07) is 6.67. The normalized spacial score (nSPS) is 9.74. The number of halogens is 1. The lowest BCUT2D eigenvalue weighted by Crippen LogP contribution is -2.23. The molecule has 1 aromatic carbocycles. The van der Waals surface area contributed by atoms with Crippen molar-refractivity contribution in [3.05, 3.63) is 29.8 Å². The maximum absolute atomic E-state index is 11.6. The van der Waals surface area contributed by atoms with Crippen LogP contribution in [0.3, 0.4) is 0 Å². The first-order valence-electron chi connectivity index (χ1n) is 5.96. The van der Waals surface area contributed by atoms with E-state index in [0.29, 0.717) is 24.4 Å². The van der Waals surface area contributed by atoms with Crippen molar-refractivity contribution in [3.63, 3.8) is 0 Å². The third-order valence-corrected chi connectivity index (χ3v) is 2.36. The second kappa shape index (κ2) is 10.6. The molecule has 0 unspecified atom stereocenters. The van der Waals surface area contributed by atoms with E-state index in [0.717, 1.165) is 19.6 Å². The maximum atomic E-state index is 11.6. The van der Waals surface area contributed by atoms with Crippen molar-refractivity contribution in [2.75, 3.05) is 39.1 Å². The van der Waals surface area contributed by atoms with Gasteiger partial charge >= 0.3 is 5.97 Å². The van der Waals surface area contributed by atoms with Gasteiger partial charge in [-0.3, -0.25) is 0 Å². The standard InChI is InChI=1S/C13H20N2O3.ClH/c1-17-9-2-7-15-8-10-18-13(16)11-3-5-12(14)6-4-11;/h3-6,15H,2,7-10,14H2,1H3;1H. The second-order valence-electron chi connectivity index (χ2n) is 3.85. The number of hydrogen-bond acceptors (Lipinski definition) is 5. The Morgan fingerprint density at radius 2 is 1.89 bits per heavy atom. The molecule has 1 rings (SSSR count). The van der Waals surface area contributed by atoms with Crippen LogP contribution in [0.2, 0.25) is 0 Å². The number of nitrogens with two attached hydrogens (primary N) is 1. The number of nitrogen functional groups attached to an aromatic ring is 1. The van der Waals surface area contributed by atoms with Gasteiger partial charge in [0.15, 0.2) is 0 Å². The first-order chi connectivity index (χ1) is 8.74. The zero-order valence-corrected chi connectivity index (χ0v) is 11.9. The molecule has 5 nitrogen and oxygen atoms in total. The molecule has 6 heteroatoms. The van der Waals surface area contributed by atoms with E-state index in [1.54, 1.807) is 31.4 Å². The molecule has 0 fully saturated rings. The van der Waals surface area contributed by atoms with Crippen LogP contribution in [0.1, 0.15) is 16.8 Å². The number of carbonyl (C=O) groups is 1. The van der Waals surface area contributed by atoms with Crippen molar-refractivity contribution in [2.45, 2.75) is 6.42 Å². The predicted octanol–water partition coefficient (Wildman–Crippen LogP) is 1.47. The van der Waals surface area contributed by atoms with Gasteiger partial charge in [0, 0.05) is 25.9 Å². The van der Waals surface area contributed by atoms with E-state index in [4.69, 9.17) is 15.2 Å². The SMILES string of the molecule is COCCCNCCOC(=O)c1ccc(N)cc1.Cl.